The molecule has 0 spiro atoms. The van der Waals surface area contributed by atoms with E-state index in [1.54, 1.807) is 23.4 Å². The van der Waals surface area contributed by atoms with Crippen molar-refractivity contribution >= 4 is 12.0 Å². The molecule has 124 valence electrons. The highest BCUT2D eigenvalue weighted by Gasteiger charge is 2.27. The summed E-state index contributed by atoms with van der Waals surface area (Å²) in [5.41, 5.74) is 1.00. The van der Waals surface area contributed by atoms with Crippen LogP contribution >= 0.6 is 0 Å². The van der Waals surface area contributed by atoms with Crippen molar-refractivity contribution in [1.29, 1.82) is 0 Å². The number of aromatic nitrogens is 2. The van der Waals surface area contributed by atoms with Crippen LogP contribution in [0, 0.1) is 0 Å². The molecule has 1 fully saturated rings. The lowest BCUT2D eigenvalue weighted by Gasteiger charge is -2.16. The summed E-state index contributed by atoms with van der Waals surface area (Å²) < 4.78 is 11.0. The van der Waals surface area contributed by atoms with E-state index in [1.807, 2.05) is 36.4 Å². The van der Waals surface area contributed by atoms with Crippen LogP contribution in [0.3, 0.4) is 0 Å². The van der Waals surface area contributed by atoms with Gasteiger partial charge < -0.3 is 14.4 Å². The highest BCUT2D eigenvalue weighted by atomic mass is 16.5. The summed E-state index contributed by atoms with van der Waals surface area (Å²) in [6, 6.07) is 9.75. The van der Waals surface area contributed by atoms with Crippen molar-refractivity contribution in [3.8, 4) is 11.8 Å². The van der Waals surface area contributed by atoms with Crippen LogP contribution in [0.5, 0.6) is 11.8 Å². The summed E-state index contributed by atoms with van der Waals surface area (Å²) in [6.07, 6.45) is 7.17. The number of methoxy groups -OCH3 is 1. The van der Waals surface area contributed by atoms with Gasteiger partial charge in [0.15, 0.2) is 0 Å². The van der Waals surface area contributed by atoms with E-state index in [4.69, 9.17) is 9.47 Å². The SMILES string of the molecule is COc1nccnc1OC1CCN(C(=O)/C=C/c2ccccc2)C1. The summed E-state index contributed by atoms with van der Waals surface area (Å²) >= 11 is 0. The first-order chi connectivity index (χ1) is 11.8. The number of carbonyl (C=O) groups excluding carboxylic acids is 1. The second kappa shape index (κ2) is 7.59. The van der Waals surface area contributed by atoms with Crippen LogP contribution < -0.4 is 9.47 Å². The second-order valence-electron chi connectivity index (χ2n) is 5.43. The quantitative estimate of drug-likeness (QED) is 0.788. The molecule has 1 atom stereocenters. The Morgan fingerprint density at radius 1 is 1.21 bits per heavy atom. The molecule has 1 aromatic heterocycles. The number of nitrogens with zero attached hydrogens (tertiary/aromatic N) is 3. The van der Waals surface area contributed by atoms with Gasteiger partial charge in [0.25, 0.3) is 11.8 Å². The van der Waals surface area contributed by atoms with Crippen molar-refractivity contribution in [3.05, 3.63) is 54.4 Å². The Balaban J connectivity index is 1.57. The van der Waals surface area contributed by atoms with Gasteiger partial charge in [0.2, 0.25) is 5.91 Å². The van der Waals surface area contributed by atoms with Gasteiger partial charge in [-0.3, -0.25) is 4.79 Å². The predicted molar refractivity (Wildman–Crippen MR) is 89.7 cm³/mol. The fourth-order valence-corrected chi connectivity index (χ4v) is 2.55. The molecule has 1 unspecified atom stereocenters. The molecule has 6 nitrogen and oxygen atoms in total. The fraction of sp³-hybridized carbons (Fsp3) is 0.278. The molecule has 0 bridgehead atoms. The number of carbonyl (C=O) groups is 1. The Kier molecular flexibility index (Phi) is 5.05. The van der Waals surface area contributed by atoms with Crippen LogP contribution in [-0.2, 0) is 4.79 Å². The molecule has 0 radical (unpaired) electrons. The average Bonchev–Trinajstić information content (AvgIpc) is 3.10. The molecule has 2 aromatic rings. The van der Waals surface area contributed by atoms with Crippen molar-refractivity contribution in [3.63, 3.8) is 0 Å². The standard InChI is InChI=1S/C18H19N3O3/c1-23-17-18(20-11-10-19-17)24-15-9-12-21(13-15)16(22)8-7-14-5-3-2-4-6-14/h2-8,10-11,15H,9,12-13H2,1H3/b8-7+. The maximum absolute atomic E-state index is 12.3. The molecule has 0 aliphatic carbocycles. The number of rotatable bonds is 5. The lowest BCUT2D eigenvalue weighted by atomic mass is 10.2. The van der Waals surface area contributed by atoms with Gasteiger partial charge in [-0.1, -0.05) is 30.3 Å². The van der Waals surface area contributed by atoms with E-state index in [0.717, 1.165) is 12.0 Å². The van der Waals surface area contributed by atoms with E-state index in [-0.39, 0.29) is 12.0 Å². The van der Waals surface area contributed by atoms with Crippen molar-refractivity contribution in [2.75, 3.05) is 20.2 Å². The first kappa shape index (κ1) is 16.0. The van der Waals surface area contributed by atoms with Crippen LogP contribution in [0.2, 0.25) is 0 Å². The minimum atomic E-state index is -0.107. The van der Waals surface area contributed by atoms with E-state index < -0.39 is 0 Å². The van der Waals surface area contributed by atoms with Gasteiger partial charge in [-0.2, -0.15) is 0 Å². The minimum Gasteiger partial charge on any atom is -0.477 e. The first-order valence-electron chi connectivity index (χ1n) is 7.80. The van der Waals surface area contributed by atoms with Crippen molar-refractivity contribution in [2.45, 2.75) is 12.5 Å². The van der Waals surface area contributed by atoms with E-state index in [0.29, 0.717) is 24.8 Å². The molecule has 3 rings (SSSR count). The van der Waals surface area contributed by atoms with Crippen molar-refractivity contribution < 1.29 is 14.3 Å². The van der Waals surface area contributed by atoms with Crippen LogP contribution in [0.1, 0.15) is 12.0 Å². The van der Waals surface area contributed by atoms with Gasteiger partial charge in [0, 0.05) is 31.4 Å². The highest BCUT2D eigenvalue weighted by molar-refractivity contribution is 5.92. The number of hydrogen-bond acceptors (Lipinski definition) is 5. The molecular weight excluding hydrogens is 306 g/mol. The van der Waals surface area contributed by atoms with E-state index >= 15 is 0 Å². The molecule has 1 aliphatic rings. The zero-order chi connectivity index (χ0) is 16.8. The van der Waals surface area contributed by atoms with Crippen LogP contribution in [0.25, 0.3) is 6.08 Å². The second-order valence-corrected chi connectivity index (χ2v) is 5.43. The molecule has 24 heavy (non-hydrogen) atoms. The van der Waals surface area contributed by atoms with Crippen LogP contribution in [-0.4, -0.2) is 47.1 Å². The molecule has 2 heterocycles. The lowest BCUT2D eigenvalue weighted by molar-refractivity contribution is -0.125. The Morgan fingerprint density at radius 3 is 2.71 bits per heavy atom. The molecule has 6 heteroatoms. The summed E-state index contributed by atoms with van der Waals surface area (Å²) in [5.74, 6) is 0.696. The van der Waals surface area contributed by atoms with Gasteiger partial charge in [-0.05, 0) is 11.6 Å². The first-order valence-corrected chi connectivity index (χ1v) is 7.80. The molecule has 1 aliphatic heterocycles. The molecule has 1 saturated heterocycles. The molecule has 1 aromatic carbocycles. The zero-order valence-electron chi connectivity index (χ0n) is 13.5. The molecule has 0 saturated carbocycles. The third-order valence-corrected chi connectivity index (χ3v) is 3.78. The lowest BCUT2D eigenvalue weighted by Crippen LogP contribution is -2.29. The number of benzene rings is 1. The van der Waals surface area contributed by atoms with Crippen LogP contribution in [0.15, 0.2) is 48.8 Å². The Bertz CT molecular complexity index is 718. The Morgan fingerprint density at radius 2 is 1.96 bits per heavy atom. The van der Waals surface area contributed by atoms with Gasteiger partial charge in [-0.25, -0.2) is 9.97 Å². The summed E-state index contributed by atoms with van der Waals surface area (Å²) in [6.45, 7) is 1.18. The third kappa shape index (κ3) is 3.90. The van der Waals surface area contributed by atoms with Crippen molar-refractivity contribution in [2.24, 2.45) is 0 Å². The van der Waals surface area contributed by atoms with E-state index in [1.165, 1.54) is 7.11 Å². The topological polar surface area (TPSA) is 64.6 Å². The highest BCUT2D eigenvalue weighted by Crippen LogP contribution is 2.24. The fourth-order valence-electron chi connectivity index (χ4n) is 2.55. The third-order valence-electron chi connectivity index (χ3n) is 3.78. The maximum Gasteiger partial charge on any atom is 0.278 e. The number of ether oxygens (including phenoxy) is 2. The zero-order valence-corrected chi connectivity index (χ0v) is 13.5. The average molecular weight is 325 g/mol. The smallest absolute Gasteiger partial charge is 0.278 e. The number of likely N-dealkylation sites (tertiary alicyclic amines) is 1. The van der Waals surface area contributed by atoms with Gasteiger partial charge in [0.05, 0.1) is 13.7 Å². The molecular formula is C18H19N3O3. The van der Waals surface area contributed by atoms with Crippen molar-refractivity contribution in [1.82, 2.24) is 14.9 Å². The van der Waals surface area contributed by atoms with E-state index in [9.17, 15) is 4.79 Å². The monoisotopic (exact) mass is 325 g/mol. The largest absolute Gasteiger partial charge is 0.477 e. The minimum absolute atomic E-state index is 0.0175. The summed E-state index contributed by atoms with van der Waals surface area (Å²) in [5, 5.41) is 0. The van der Waals surface area contributed by atoms with E-state index in [2.05, 4.69) is 9.97 Å². The van der Waals surface area contributed by atoms with Gasteiger partial charge in [0.1, 0.15) is 6.10 Å². The van der Waals surface area contributed by atoms with Crippen LogP contribution in [0.4, 0.5) is 0 Å². The Hall–Kier alpha value is -2.89. The van der Waals surface area contributed by atoms with Gasteiger partial charge in [-0.15, -0.1) is 0 Å². The van der Waals surface area contributed by atoms with Gasteiger partial charge >= 0.3 is 0 Å². The summed E-state index contributed by atoms with van der Waals surface area (Å²) in [7, 11) is 1.52. The predicted octanol–water partition coefficient (Wildman–Crippen LogP) is 2.18. The maximum atomic E-state index is 12.3. The molecule has 1 amide bonds. The number of hydrogen-bond donors (Lipinski definition) is 0. The Labute approximate surface area is 140 Å². The summed E-state index contributed by atoms with van der Waals surface area (Å²) in [4.78, 5) is 22.2. The molecule has 0 N–H and O–H groups in total. The number of amides is 1. The normalized spacial score (nSPS) is 17.2.